The second kappa shape index (κ2) is 3.59. The molecule has 0 saturated carbocycles. The topological polar surface area (TPSA) is 9.23 Å². The van der Waals surface area contributed by atoms with Gasteiger partial charge in [-0.1, -0.05) is 23.2 Å². The molecule has 0 aliphatic carbocycles. The van der Waals surface area contributed by atoms with Crippen LogP contribution in [0, 0.1) is 0 Å². The zero-order chi connectivity index (χ0) is 8.36. The summed E-state index contributed by atoms with van der Waals surface area (Å²) in [5, 5.41) is 0. The molecule has 0 atom stereocenters. The van der Waals surface area contributed by atoms with Gasteiger partial charge in [-0.15, -0.1) is 0 Å². The third-order valence-corrected chi connectivity index (χ3v) is 1.01. The summed E-state index contributed by atoms with van der Waals surface area (Å²) in [6, 6.07) is 0. The Bertz CT molecular complexity index is 107. The number of alkyl halides is 6. The Labute approximate surface area is 63.9 Å². The van der Waals surface area contributed by atoms with E-state index >= 15 is 0 Å². The van der Waals surface area contributed by atoms with Crippen LogP contribution in [0.3, 0.4) is 0 Å². The zero-order valence-electron chi connectivity index (χ0n) is 4.33. The van der Waals surface area contributed by atoms with Crippen molar-refractivity contribution in [3.63, 3.8) is 0 Å². The van der Waals surface area contributed by atoms with Gasteiger partial charge in [0.1, 0.15) is 0 Å². The van der Waals surface area contributed by atoms with E-state index in [9.17, 15) is 17.6 Å². The maximum absolute atomic E-state index is 11.8. The fraction of sp³-hybridized carbons (Fsp3) is 1.00. The van der Waals surface area contributed by atoms with Crippen LogP contribution in [-0.4, -0.2) is 17.6 Å². The summed E-state index contributed by atoms with van der Waals surface area (Å²) in [6.07, 6.45) is -4.20. The highest BCUT2D eigenvalue weighted by molar-refractivity contribution is 6.44. The van der Waals surface area contributed by atoms with Crippen molar-refractivity contribution in [2.75, 3.05) is 0 Å². The molecule has 0 radical (unpaired) electrons. The van der Waals surface area contributed by atoms with E-state index in [-0.39, 0.29) is 0 Å². The van der Waals surface area contributed by atoms with Gasteiger partial charge in [0.2, 0.25) is 0 Å². The summed E-state index contributed by atoms with van der Waals surface area (Å²) in [4.78, 5) is -2.29. The lowest BCUT2D eigenvalue weighted by molar-refractivity contribution is -0.311. The van der Waals surface area contributed by atoms with Crippen LogP contribution in [0.1, 0.15) is 0 Å². The molecule has 0 amide bonds. The first-order chi connectivity index (χ1) is 4.36. The first kappa shape index (κ1) is 10.3. The van der Waals surface area contributed by atoms with E-state index in [1.165, 1.54) is 0 Å². The summed E-state index contributed by atoms with van der Waals surface area (Å²) in [5.74, 6) is 0. The molecule has 0 aromatic rings. The van der Waals surface area contributed by atoms with Crippen molar-refractivity contribution >= 4 is 23.2 Å². The molecule has 10 heavy (non-hydrogen) atoms. The van der Waals surface area contributed by atoms with Gasteiger partial charge in [0.05, 0.1) is 0 Å². The number of hydrogen-bond donors (Lipinski definition) is 0. The molecule has 0 rings (SSSR count). The van der Waals surface area contributed by atoms with Crippen molar-refractivity contribution < 1.29 is 22.3 Å². The molecule has 0 bridgehead atoms. The second-order valence-corrected chi connectivity index (χ2v) is 2.34. The predicted molar refractivity (Wildman–Crippen MR) is 27.5 cm³/mol. The molecule has 0 N–H and O–H groups in total. The van der Waals surface area contributed by atoms with E-state index in [0.717, 1.165) is 0 Å². The van der Waals surface area contributed by atoms with Crippen molar-refractivity contribution in [1.29, 1.82) is 0 Å². The second-order valence-electron chi connectivity index (χ2n) is 1.24. The van der Waals surface area contributed by atoms with E-state index < -0.39 is 17.6 Å². The van der Waals surface area contributed by atoms with Gasteiger partial charge in [0, 0.05) is 0 Å². The Kier molecular flexibility index (Phi) is 3.69. The highest BCUT2D eigenvalue weighted by Gasteiger charge is 2.41. The lowest BCUT2D eigenvalue weighted by atomic mass is 10.7. The Morgan fingerprint density at radius 3 is 1.70 bits per heavy atom. The Balaban J connectivity index is 3.87. The van der Waals surface area contributed by atoms with Crippen molar-refractivity contribution in [2.24, 2.45) is 0 Å². The molecule has 0 saturated heterocycles. The van der Waals surface area contributed by atoms with E-state index in [2.05, 4.69) is 27.9 Å². The predicted octanol–water partition coefficient (Wildman–Crippen LogP) is 2.62. The molecule has 0 heterocycles. The van der Waals surface area contributed by atoms with Crippen LogP contribution in [0.5, 0.6) is 0 Å². The maximum atomic E-state index is 11.8. The minimum Gasteiger partial charge on any atom is -0.256 e. The van der Waals surface area contributed by atoms with Crippen molar-refractivity contribution in [3.8, 4) is 0 Å². The summed E-state index contributed by atoms with van der Waals surface area (Å²) in [6.45, 7) is -3.59. The van der Waals surface area contributed by atoms with Gasteiger partial charge in [-0.2, -0.15) is 17.6 Å². The molecule has 0 aromatic heterocycles. The van der Waals surface area contributed by atoms with Crippen LogP contribution in [0.2, 0.25) is 0 Å². The van der Waals surface area contributed by atoms with Crippen LogP contribution in [-0.2, 0) is 4.74 Å². The lowest BCUT2D eigenvalue weighted by Crippen LogP contribution is -2.30. The molecule has 0 unspecified atom stereocenters. The van der Waals surface area contributed by atoms with Crippen LogP contribution < -0.4 is 0 Å². The first-order valence-corrected chi connectivity index (χ1v) is 2.85. The minimum atomic E-state index is -4.20. The molecule has 0 aliphatic heterocycles. The smallest absolute Gasteiger partial charge is 0.256 e. The highest BCUT2D eigenvalue weighted by Crippen LogP contribution is 2.29. The summed E-state index contributed by atoms with van der Waals surface area (Å²) >= 11 is 9.14. The largest absolute Gasteiger partial charge is 0.390 e. The SMILES string of the molecule is FC(F)OC(F)(F)C(Cl)Cl. The van der Waals surface area contributed by atoms with Gasteiger partial charge in [-0.05, 0) is 0 Å². The molecular weight excluding hydrogens is 199 g/mol. The molecular formula is C3H2Cl2F4O. The normalized spacial score (nSPS) is 13.2. The number of rotatable bonds is 3. The number of halogens is 6. The molecule has 0 aromatic carbocycles. The average molecular weight is 201 g/mol. The fourth-order valence-corrected chi connectivity index (χ4v) is 0.273. The lowest BCUT2D eigenvalue weighted by Gasteiger charge is -2.15. The molecule has 7 heteroatoms. The van der Waals surface area contributed by atoms with Crippen LogP contribution in [0.25, 0.3) is 0 Å². The van der Waals surface area contributed by atoms with Gasteiger partial charge < -0.3 is 0 Å². The summed E-state index contributed by atoms with van der Waals surface area (Å²) in [7, 11) is 0. The molecule has 0 fully saturated rings. The summed E-state index contributed by atoms with van der Waals surface area (Å²) in [5.41, 5.74) is 0. The maximum Gasteiger partial charge on any atom is 0.390 e. The van der Waals surface area contributed by atoms with E-state index in [0.29, 0.717) is 0 Å². The zero-order valence-corrected chi connectivity index (χ0v) is 5.84. The van der Waals surface area contributed by atoms with Gasteiger partial charge in [0.25, 0.3) is 0 Å². The van der Waals surface area contributed by atoms with Gasteiger partial charge >= 0.3 is 12.7 Å². The number of ether oxygens (including phenoxy) is 1. The van der Waals surface area contributed by atoms with E-state index in [1.807, 2.05) is 0 Å². The Morgan fingerprint density at radius 2 is 1.60 bits per heavy atom. The Hall–Kier alpha value is 0.260. The number of hydrogen-bond acceptors (Lipinski definition) is 1. The molecule has 0 spiro atoms. The molecule has 1 nitrogen and oxygen atoms in total. The monoisotopic (exact) mass is 200 g/mol. The quantitative estimate of drug-likeness (QED) is 0.503. The molecule has 0 aliphatic rings. The fourth-order valence-electron chi connectivity index (χ4n) is 0.170. The third-order valence-electron chi connectivity index (χ3n) is 0.500. The first-order valence-electron chi connectivity index (χ1n) is 1.98. The van der Waals surface area contributed by atoms with Gasteiger partial charge in [-0.3, -0.25) is 4.74 Å². The van der Waals surface area contributed by atoms with Crippen LogP contribution >= 0.6 is 23.2 Å². The van der Waals surface area contributed by atoms with Crippen molar-refractivity contribution in [1.82, 2.24) is 0 Å². The van der Waals surface area contributed by atoms with Gasteiger partial charge in [0.15, 0.2) is 4.84 Å². The van der Waals surface area contributed by atoms with Crippen LogP contribution in [0.15, 0.2) is 0 Å². The highest BCUT2D eigenvalue weighted by atomic mass is 35.5. The van der Waals surface area contributed by atoms with E-state index in [4.69, 9.17) is 0 Å². The Morgan fingerprint density at radius 1 is 1.20 bits per heavy atom. The standard InChI is InChI=1S/C3H2Cl2F4O/c4-1(5)3(8,9)10-2(6)7/h1-2H. The van der Waals surface area contributed by atoms with E-state index in [1.54, 1.807) is 0 Å². The third kappa shape index (κ3) is 3.43. The van der Waals surface area contributed by atoms with Crippen LogP contribution in [0.4, 0.5) is 17.6 Å². The van der Waals surface area contributed by atoms with Gasteiger partial charge in [-0.25, -0.2) is 0 Å². The molecule has 62 valence electrons. The average Bonchev–Trinajstić information content (AvgIpc) is 1.60. The summed E-state index contributed by atoms with van der Waals surface area (Å²) < 4.78 is 48.6. The minimum absolute atomic E-state index is 2.29. The van der Waals surface area contributed by atoms with Crippen molar-refractivity contribution in [3.05, 3.63) is 0 Å². The van der Waals surface area contributed by atoms with Crippen molar-refractivity contribution in [2.45, 2.75) is 17.6 Å².